The predicted octanol–water partition coefficient (Wildman–Crippen LogP) is 3.78. The van der Waals surface area contributed by atoms with Crippen molar-refractivity contribution in [2.45, 2.75) is 13.0 Å². The number of halogens is 1. The first-order chi connectivity index (χ1) is 12.5. The summed E-state index contributed by atoms with van der Waals surface area (Å²) >= 11 is 5.84. The van der Waals surface area contributed by atoms with Gasteiger partial charge >= 0.3 is 5.97 Å². The number of benzene rings is 2. The van der Waals surface area contributed by atoms with Gasteiger partial charge in [0.2, 0.25) is 0 Å². The number of methoxy groups -OCH3 is 1. The molecule has 0 spiro atoms. The van der Waals surface area contributed by atoms with Gasteiger partial charge in [0, 0.05) is 11.1 Å². The molecule has 1 amide bonds. The van der Waals surface area contributed by atoms with Gasteiger partial charge < -0.3 is 14.8 Å². The zero-order chi connectivity index (χ0) is 18.9. The van der Waals surface area contributed by atoms with Crippen molar-refractivity contribution in [1.82, 2.24) is 5.32 Å². The monoisotopic (exact) mass is 373 g/mol. The number of ether oxygens (including phenoxy) is 2. The van der Waals surface area contributed by atoms with Gasteiger partial charge in [-0.1, -0.05) is 35.9 Å². The third kappa shape index (κ3) is 6.26. The summed E-state index contributed by atoms with van der Waals surface area (Å²) in [5, 5.41) is 3.39. The molecule has 2 rings (SSSR count). The van der Waals surface area contributed by atoms with Crippen molar-refractivity contribution < 1.29 is 19.1 Å². The van der Waals surface area contributed by atoms with Crippen LogP contribution in [-0.4, -0.2) is 25.6 Å². The maximum absolute atomic E-state index is 11.9. The fourth-order valence-electron chi connectivity index (χ4n) is 2.21. The van der Waals surface area contributed by atoms with Crippen LogP contribution in [0.3, 0.4) is 0 Å². The molecule has 0 saturated carbocycles. The van der Waals surface area contributed by atoms with Crippen molar-refractivity contribution >= 4 is 29.6 Å². The molecule has 0 saturated heterocycles. The number of amides is 1. The van der Waals surface area contributed by atoms with E-state index in [-0.39, 0.29) is 18.6 Å². The van der Waals surface area contributed by atoms with Crippen LogP contribution in [0.1, 0.15) is 24.1 Å². The van der Waals surface area contributed by atoms with Crippen LogP contribution in [0, 0.1) is 0 Å². The quantitative estimate of drug-likeness (QED) is 0.592. The van der Waals surface area contributed by atoms with Gasteiger partial charge in [-0.2, -0.15) is 0 Å². The average molecular weight is 374 g/mol. The van der Waals surface area contributed by atoms with Crippen molar-refractivity contribution in [2.75, 3.05) is 13.7 Å². The molecule has 26 heavy (non-hydrogen) atoms. The average Bonchev–Trinajstić information content (AvgIpc) is 2.65. The number of nitrogens with one attached hydrogen (secondary N) is 1. The Hall–Kier alpha value is -2.79. The normalized spacial score (nSPS) is 11.8. The molecule has 136 valence electrons. The second-order valence-electron chi connectivity index (χ2n) is 5.56. The minimum atomic E-state index is -0.595. The van der Waals surface area contributed by atoms with Gasteiger partial charge in [0.05, 0.1) is 13.2 Å². The Kier molecular flexibility index (Phi) is 7.24. The van der Waals surface area contributed by atoms with Crippen LogP contribution >= 0.6 is 11.6 Å². The molecule has 0 aliphatic rings. The summed E-state index contributed by atoms with van der Waals surface area (Å²) in [5.41, 5.74) is 1.70. The van der Waals surface area contributed by atoms with E-state index in [0.717, 1.165) is 11.1 Å². The van der Waals surface area contributed by atoms with Crippen molar-refractivity contribution in [3.63, 3.8) is 0 Å². The largest absolute Gasteiger partial charge is 0.497 e. The molecule has 0 heterocycles. The SMILES string of the molecule is COc1cccc(/C=C/C(=O)OCC(=O)N[C@H](C)c2ccc(Cl)cc2)c1. The highest BCUT2D eigenvalue weighted by molar-refractivity contribution is 6.30. The van der Waals surface area contributed by atoms with Crippen LogP contribution in [0.5, 0.6) is 5.75 Å². The third-order valence-electron chi connectivity index (χ3n) is 3.60. The van der Waals surface area contributed by atoms with Crippen LogP contribution < -0.4 is 10.1 Å². The van der Waals surface area contributed by atoms with Gasteiger partial charge in [0.15, 0.2) is 6.61 Å². The summed E-state index contributed by atoms with van der Waals surface area (Å²) in [6.07, 6.45) is 2.86. The van der Waals surface area contributed by atoms with E-state index in [9.17, 15) is 9.59 Å². The lowest BCUT2D eigenvalue weighted by molar-refractivity contribution is -0.144. The number of rotatable bonds is 7. The first-order valence-corrected chi connectivity index (χ1v) is 8.39. The van der Waals surface area contributed by atoms with Crippen molar-refractivity contribution in [3.05, 3.63) is 70.8 Å². The number of hydrogen-bond acceptors (Lipinski definition) is 4. The molecule has 5 nitrogen and oxygen atoms in total. The van der Waals surface area contributed by atoms with Crippen molar-refractivity contribution in [1.29, 1.82) is 0 Å². The summed E-state index contributed by atoms with van der Waals surface area (Å²) in [5.74, 6) is -0.284. The van der Waals surface area contributed by atoms with Gasteiger partial charge in [-0.15, -0.1) is 0 Å². The highest BCUT2D eigenvalue weighted by atomic mass is 35.5. The maximum Gasteiger partial charge on any atom is 0.331 e. The van der Waals surface area contributed by atoms with E-state index in [0.29, 0.717) is 10.8 Å². The third-order valence-corrected chi connectivity index (χ3v) is 3.85. The van der Waals surface area contributed by atoms with Crippen LogP contribution in [0.2, 0.25) is 5.02 Å². The molecule has 0 radical (unpaired) electrons. The Morgan fingerprint density at radius 3 is 2.62 bits per heavy atom. The molecule has 0 bridgehead atoms. The molecule has 1 atom stereocenters. The fourth-order valence-corrected chi connectivity index (χ4v) is 2.34. The minimum Gasteiger partial charge on any atom is -0.497 e. The lowest BCUT2D eigenvalue weighted by Crippen LogP contribution is -2.30. The molecule has 6 heteroatoms. The summed E-state index contributed by atoms with van der Waals surface area (Å²) in [6, 6.07) is 14.2. The van der Waals surface area contributed by atoms with Gasteiger partial charge in [-0.05, 0) is 48.4 Å². The number of carbonyl (C=O) groups is 2. The summed E-state index contributed by atoms with van der Waals surface area (Å²) in [4.78, 5) is 23.6. The van der Waals surface area contributed by atoms with E-state index in [4.69, 9.17) is 21.1 Å². The molecular formula is C20H20ClNO4. The molecule has 2 aromatic rings. The first-order valence-electron chi connectivity index (χ1n) is 8.01. The maximum atomic E-state index is 11.9. The predicted molar refractivity (Wildman–Crippen MR) is 101 cm³/mol. The summed E-state index contributed by atoms with van der Waals surface area (Å²) in [6.45, 7) is 1.49. The van der Waals surface area contributed by atoms with Crippen LogP contribution in [0.15, 0.2) is 54.6 Å². The Balaban J connectivity index is 1.79. The van der Waals surface area contributed by atoms with Gasteiger partial charge in [0.25, 0.3) is 5.91 Å². The molecule has 0 unspecified atom stereocenters. The van der Waals surface area contributed by atoms with E-state index in [1.165, 1.54) is 6.08 Å². The highest BCUT2D eigenvalue weighted by Crippen LogP contribution is 2.16. The Morgan fingerprint density at radius 2 is 1.92 bits per heavy atom. The van der Waals surface area contributed by atoms with E-state index in [1.807, 2.05) is 37.3 Å². The standard InChI is InChI=1S/C20H20ClNO4/c1-14(16-7-9-17(21)10-8-16)22-19(23)13-26-20(24)11-6-15-4-3-5-18(12-15)25-2/h3-12,14H,13H2,1-2H3,(H,22,23)/b11-6+/t14-/m1/s1. The van der Waals surface area contributed by atoms with E-state index in [2.05, 4.69) is 5.32 Å². The second kappa shape index (κ2) is 9.63. The zero-order valence-electron chi connectivity index (χ0n) is 14.6. The highest BCUT2D eigenvalue weighted by Gasteiger charge is 2.11. The molecule has 0 fully saturated rings. The molecular weight excluding hydrogens is 354 g/mol. The van der Waals surface area contributed by atoms with Crippen LogP contribution in [0.4, 0.5) is 0 Å². The molecule has 0 aliphatic heterocycles. The van der Waals surface area contributed by atoms with Crippen molar-refractivity contribution in [3.8, 4) is 5.75 Å². The van der Waals surface area contributed by atoms with Crippen LogP contribution in [-0.2, 0) is 14.3 Å². The van der Waals surface area contributed by atoms with Gasteiger partial charge in [0.1, 0.15) is 5.75 Å². The summed E-state index contributed by atoms with van der Waals surface area (Å²) in [7, 11) is 1.57. The lowest BCUT2D eigenvalue weighted by Gasteiger charge is -2.14. The van der Waals surface area contributed by atoms with E-state index < -0.39 is 5.97 Å². The van der Waals surface area contributed by atoms with E-state index in [1.54, 1.807) is 31.4 Å². The fraction of sp³-hybridized carbons (Fsp3) is 0.200. The zero-order valence-corrected chi connectivity index (χ0v) is 15.3. The summed E-state index contributed by atoms with van der Waals surface area (Å²) < 4.78 is 10.1. The molecule has 1 N–H and O–H groups in total. The van der Waals surface area contributed by atoms with Gasteiger partial charge in [-0.25, -0.2) is 4.79 Å². The number of hydrogen-bond donors (Lipinski definition) is 1. The molecule has 0 aliphatic carbocycles. The Morgan fingerprint density at radius 1 is 1.19 bits per heavy atom. The number of carbonyl (C=O) groups excluding carboxylic acids is 2. The minimum absolute atomic E-state index is 0.217. The smallest absolute Gasteiger partial charge is 0.331 e. The van der Waals surface area contributed by atoms with Crippen molar-refractivity contribution in [2.24, 2.45) is 0 Å². The van der Waals surface area contributed by atoms with Crippen LogP contribution in [0.25, 0.3) is 6.08 Å². The first kappa shape index (κ1) is 19.5. The topological polar surface area (TPSA) is 64.6 Å². The molecule has 2 aromatic carbocycles. The molecule has 0 aromatic heterocycles. The van der Waals surface area contributed by atoms with E-state index >= 15 is 0 Å². The second-order valence-corrected chi connectivity index (χ2v) is 5.99. The number of esters is 1. The Labute approximate surface area is 157 Å². The Bertz CT molecular complexity index is 787. The van der Waals surface area contributed by atoms with Gasteiger partial charge in [-0.3, -0.25) is 4.79 Å². The lowest BCUT2D eigenvalue weighted by atomic mass is 10.1.